The van der Waals surface area contributed by atoms with Crippen molar-refractivity contribution in [2.75, 3.05) is 13.7 Å². The maximum atomic E-state index is 12.1. The number of aliphatic hydroxyl groups is 1. The Balaban J connectivity index is 2.10. The van der Waals surface area contributed by atoms with E-state index in [4.69, 9.17) is 4.74 Å². The summed E-state index contributed by atoms with van der Waals surface area (Å²) in [5.41, 5.74) is 2.05. The van der Waals surface area contributed by atoms with Gasteiger partial charge in [-0.2, -0.15) is 0 Å². The smallest absolute Gasteiger partial charge is 0.358 e. The molecule has 2 atom stereocenters. The van der Waals surface area contributed by atoms with Gasteiger partial charge in [0, 0.05) is 24.1 Å². The number of carbonyl (C=O) groups is 1. The Morgan fingerprint density at radius 2 is 2.04 bits per heavy atom. The summed E-state index contributed by atoms with van der Waals surface area (Å²) < 4.78 is 6.95. The first-order valence-electron chi connectivity index (χ1n) is 8.07. The van der Waals surface area contributed by atoms with Crippen molar-refractivity contribution in [1.82, 2.24) is 9.55 Å². The van der Waals surface area contributed by atoms with E-state index in [0.717, 1.165) is 36.9 Å². The molecule has 2 aromatic rings. The lowest BCUT2D eigenvalue weighted by Crippen LogP contribution is -2.26. The lowest BCUT2D eigenvalue weighted by molar-refractivity contribution is 0.0595. The van der Waals surface area contributed by atoms with Gasteiger partial charge in [0.15, 0.2) is 5.69 Å². The molecule has 0 bridgehead atoms. The molecule has 1 fully saturated rings. The molecular weight excluding hydrogens is 292 g/mol. The zero-order chi connectivity index (χ0) is 16.2. The van der Waals surface area contributed by atoms with Crippen molar-refractivity contribution in [2.24, 2.45) is 5.92 Å². The van der Waals surface area contributed by atoms with Crippen LogP contribution in [0.1, 0.15) is 42.2 Å². The molecule has 1 aromatic heterocycles. The minimum Gasteiger partial charge on any atom is -0.464 e. The van der Waals surface area contributed by atoms with E-state index in [-0.39, 0.29) is 18.6 Å². The molecule has 1 heterocycles. The molecule has 3 rings (SSSR count). The molecule has 0 saturated heterocycles. The average Bonchev–Trinajstić information content (AvgIpc) is 3.06. The van der Waals surface area contributed by atoms with Crippen LogP contribution in [0.25, 0.3) is 11.3 Å². The molecular formula is C18H22N2O3. The summed E-state index contributed by atoms with van der Waals surface area (Å²) in [5.74, 6) is -0.232. The summed E-state index contributed by atoms with van der Waals surface area (Å²) in [5, 5.41) is 9.72. The van der Waals surface area contributed by atoms with E-state index < -0.39 is 5.97 Å². The van der Waals surface area contributed by atoms with E-state index in [1.807, 2.05) is 30.3 Å². The van der Waals surface area contributed by atoms with Gasteiger partial charge in [-0.1, -0.05) is 43.2 Å². The monoisotopic (exact) mass is 314 g/mol. The van der Waals surface area contributed by atoms with Crippen LogP contribution in [0.2, 0.25) is 0 Å². The number of rotatable bonds is 4. The van der Waals surface area contributed by atoms with Crippen LogP contribution in [0.15, 0.2) is 36.7 Å². The first-order chi connectivity index (χ1) is 11.3. The topological polar surface area (TPSA) is 64.3 Å². The van der Waals surface area contributed by atoms with Crippen LogP contribution in [0.4, 0.5) is 0 Å². The number of esters is 1. The predicted octanol–water partition coefficient (Wildman–Crippen LogP) is 3.06. The third kappa shape index (κ3) is 3.01. The van der Waals surface area contributed by atoms with Crippen molar-refractivity contribution in [3.8, 4) is 11.3 Å². The maximum Gasteiger partial charge on any atom is 0.358 e. The maximum absolute atomic E-state index is 12.1. The Morgan fingerprint density at radius 3 is 2.74 bits per heavy atom. The average molecular weight is 314 g/mol. The second kappa shape index (κ2) is 6.96. The van der Waals surface area contributed by atoms with E-state index in [0.29, 0.717) is 5.69 Å². The van der Waals surface area contributed by atoms with Crippen LogP contribution in [0.3, 0.4) is 0 Å². The summed E-state index contributed by atoms with van der Waals surface area (Å²) >= 11 is 0. The van der Waals surface area contributed by atoms with Crippen LogP contribution in [-0.4, -0.2) is 34.3 Å². The Bertz CT molecular complexity index is 666. The van der Waals surface area contributed by atoms with Crippen LogP contribution in [-0.2, 0) is 4.74 Å². The van der Waals surface area contributed by atoms with Crippen molar-refractivity contribution >= 4 is 5.97 Å². The van der Waals surface area contributed by atoms with Gasteiger partial charge in [0.2, 0.25) is 0 Å². The third-order valence-electron chi connectivity index (χ3n) is 4.68. The molecule has 1 N–H and O–H groups in total. The second-order valence-electron chi connectivity index (χ2n) is 6.00. The van der Waals surface area contributed by atoms with E-state index in [1.165, 1.54) is 7.11 Å². The Kier molecular flexibility index (Phi) is 4.76. The van der Waals surface area contributed by atoms with Gasteiger partial charge in [-0.05, 0) is 12.8 Å². The zero-order valence-corrected chi connectivity index (χ0v) is 13.3. The highest BCUT2D eigenvalue weighted by Gasteiger charge is 2.30. The predicted molar refractivity (Wildman–Crippen MR) is 87.1 cm³/mol. The van der Waals surface area contributed by atoms with E-state index in [2.05, 4.69) is 9.55 Å². The molecule has 0 spiro atoms. The number of aromatic nitrogens is 2. The number of benzene rings is 1. The number of ether oxygens (including phenoxy) is 1. The summed E-state index contributed by atoms with van der Waals surface area (Å²) in [6.07, 6.45) is 5.97. The quantitative estimate of drug-likeness (QED) is 0.881. The lowest BCUT2D eigenvalue weighted by Gasteiger charge is -2.32. The largest absolute Gasteiger partial charge is 0.464 e. The molecule has 1 aliphatic carbocycles. The van der Waals surface area contributed by atoms with E-state index in [1.54, 1.807) is 6.33 Å². The first kappa shape index (κ1) is 15.7. The van der Waals surface area contributed by atoms with Crippen molar-refractivity contribution < 1.29 is 14.6 Å². The number of nitrogens with zero attached hydrogens (tertiary/aromatic N) is 2. The van der Waals surface area contributed by atoms with Crippen LogP contribution in [0.5, 0.6) is 0 Å². The highest BCUT2D eigenvalue weighted by atomic mass is 16.5. The fourth-order valence-corrected chi connectivity index (χ4v) is 3.51. The van der Waals surface area contributed by atoms with E-state index >= 15 is 0 Å². The fourth-order valence-electron chi connectivity index (χ4n) is 3.51. The van der Waals surface area contributed by atoms with Gasteiger partial charge >= 0.3 is 5.97 Å². The van der Waals surface area contributed by atoms with Gasteiger partial charge in [0.05, 0.1) is 19.1 Å². The number of aliphatic hydroxyl groups excluding tert-OH is 1. The molecule has 5 nitrogen and oxygen atoms in total. The van der Waals surface area contributed by atoms with Gasteiger partial charge < -0.3 is 14.4 Å². The fraction of sp³-hybridized carbons (Fsp3) is 0.444. The number of carbonyl (C=O) groups excluding carboxylic acids is 1. The molecule has 1 aliphatic rings. The molecule has 1 unspecified atom stereocenters. The summed E-state index contributed by atoms with van der Waals surface area (Å²) in [4.78, 5) is 16.4. The number of imidazole rings is 1. The van der Waals surface area contributed by atoms with Crippen LogP contribution >= 0.6 is 0 Å². The Hall–Kier alpha value is -2.14. The third-order valence-corrected chi connectivity index (χ3v) is 4.68. The number of methoxy groups -OCH3 is 1. The number of hydrogen-bond acceptors (Lipinski definition) is 4. The van der Waals surface area contributed by atoms with Gasteiger partial charge in [0.1, 0.15) is 0 Å². The highest BCUT2D eigenvalue weighted by Crippen LogP contribution is 2.37. The normalized spacial score (nSPS) is 21.1. The second-order valence-corrected chi connectivity index (χ2v) is 6.00. The minimum atomic E-state index is -0.432. The van der Waals surface area contributed by atoms with Gasteiger partial charge in [-0.3, -0.25) is 0 Å². The molecule has 23 heavy (non-hydrogen) atoms. The van der Waals surface area contributed by atoms with Crippen molar-refractivity contribution in [1.29, 1.82) is 0 Å². The lowest BCUT2D eigenvalue weighted by atomic mass is 9.84. The van der Waals surface area contributed by atoms with Gasteiger partial charge in [-0.25, -0.2) is 9.78 Å². The molecule has 0 amide bonds. The summed E-state index contributed by atoms with van der Waals surface area (Å²) in [6.45, 7) is 0.157. The van der Waals surface area contributed by atoms with Crippen molar-refractivity contribution in [3.63, 3.8) is 0 Å². The molecule has 5 heteroatoms. The molecule has 0 radical (unpaired) electrons. The Labute approximate surface area is 135 Å². The summed E-state index contributed by atoms with van der Waals surface area (Å²) in [6, 6.07) is 9.93. The first-order valence-corrected chi connectivity index (χ1v) is 8.07. The Morgan fingerprint density at radius 1 is 1.30 bits per heavy atom. The standard InChI is InChI=1S/C18H22N2O3/c1-23-18(22)16-17(13-7-3-2-4-8-13)20(12-19-16)15-10-6-5-9-14(15)11-21/h2-4,7-8,12,14-15,21H,5-6,9-11H2,1H3/t14-,15?/m0/s1. The molecule has 122 valence electrons. The zero-order valence-electron chi connectivity index (χ0n) is 13.3. The van der Waals surface area contributed by atoms with Crippen molar-refractivity contribution in [3.05, 3.63) is 42.4 Å². The molecule has 0 aliphatic heterocycles. The van der Waals surface area contributed by atoms with Crippen LogP contribution < -0.4 is 0 Å². The highest BCUT2D eigenvalue weighted by molar-refractivity contribution is 5.94. The summed E-state index contributed by atoms with van der Waals surface area (Å²) in [7, 11) is 1.37. The molecule has 1 saturated carbocycles. The van der Waals surface area contributed by atoms with Crippen LogP contribution in [0, 0.1) is 5.92 Å². The van der Waals surface area contributed by atoms with Gasteiger partial charge in [-0.15, -0.1) is 0 Å². The SMILES string of the molecule is COC(=O)c1ncn(C2CCCC[C@H]2CO)c1-c1ccccc1. The van der Waals surface area contributed by atoms with Crippen molar-refractivity contribution in [2.45, 2.75) is 31.7 Å². The minimum absolute atomic E-state index is 0.157. The molecule has 1 aromatic carbocycles. The van der Waals surface area contributed by atoms with E-state index in [9.17, 15) is 9.90 Å². The number of hydrogen-bond donors (Lipinski definition) is 1. The van der Waals surface area contributed by atoms with Gasteiger partial charge in [0.25, 0.3) is 0 Å².